The van der Waals surface area contributed by atoms with Gasteiger partial charge in [-0.05, 0) is 6.07 Å². The largest absolute Gasteiger partial charge is 0.478 e. The highest BCUT2D eigenvalue weighted by Gasteiger charge is 2.17. The fourth-order valence-electron chi connectivity index (χ4n) is 1.17. The van der Waals surface area contributed by atoms with Crippen molar-refractivity contribution in [3.8, 4) is 6.07 Å². The molecule has 4 heteroatoms. The molecule has 0 aliphatic heterocycles. The predicted octanol–water partition coefficient (Wildman–Crippen LogP) is 1.60. The summed E-state index contributed by atoms with van der Waals surface area (Å²) in [5.74, 6) is -1.06. The monoisotopic (exact) mass is 191 g/mol. The molecule has 4 nitrogen and oxygen atoms in total. The van der Waals surface area contributed by atoms with Crippen LogP contribution in [0.1, 0.15) is 22.0 Å². The summed E-state index contributed by atoms with van der Waals surface area (Å²) < 4.78 is 4.85. The first-order chi connectivity index (χ1) is 6.70. The number of methoxy groups -OCH3 is 1. The zero-order valence-corrected chi connectivity index (χ0v) is 7.60. The van der Waals surface area contributed by atoms with Crippen LogP contribution >= 0.6 is 0 Å². The van der Waals surface area contributed by atoms with Crippen LogP contribution in [0.15, 0.2) is 24.3 Å². The van der Waals surface area contributed by atoms with Crippen LogP contribution in [0.25, 0.3) is 0 Å². The van der Waals surface area contributed by atoms with E-state index in [1.807, 2.05) is 6.07 Å². The lowest BCUT2D eigenvalue weighted by molar-refractivity contribution is 0.0689. The van der Waals surface area contributed by atoms with E-state index in [0.29, 0.717) is 5.56 Å². The van der Waals surface area contributed by atoms with Gasteiger partial charge in [-0.15, -0.1) is 0 Å². The van der Waals surface area contributed by atoms with E-state index in [1.165, 1.54) is 13.2 Å². The number of aromatic carboxylic acids is 1. The Bertz CT molecular complexity index is 381. The molecule has 0 saturated heterocycles. The summed E-state index contributed by atoms with van der Waals surface area (Å²) >= 11 is 0. The summed E-state index contributed by atoms with van der Waals surface area (Å²) in [6.07, 6.45) is -0.831. The highest BCUT2D eigenvalue weighted by atomic mass is 16.5. The number of hydrogen-bond acceptors (Lipinski definition) is 3. The maximum atomic E-state index is 10.8. The third-order valence-electron chi connectivity index (χ3n) is 1.83. The van der Waals surface area contributed by atoms with Gasteiger partial charge in [-0.25, -0.2) is 4.79 Å². The Morgan fingerprint density at radius 1 is 1.57 bits per heavy atom. The van der Waals surface area contributed by atoms with Crippen molar-refractivity contribution in [1.82, 2.24) is 0 Å². The molecular formula is C10H9NO3. The topological polar surface area (TPSA) is 70.3 Å². The SMILES string of the molecule is COC(C#N)c1ccccc1C(=O)O. The number of carboxylic acid groups (broad SMARTS) is 1. The van der Waals surface area contributed by atoms with Crippen molar-refractivity contribution in [2.75, 3.05) is 7.11 Å². The van der Waals surface area contributed by atoms with Crippen molar-refractivity contribution >= 4 is 5.97 Å². The second-order valence-corrected chi connectivity index (χ2v) is 2.64. The van der Waals surface area contributed by atoms with Crippen LogP contribution in [-0.4, -0.2) is 18.2 Å². The lowest BCUT2D eigenvalue weighted by Gasteiger charge is -2.09. The Labute approximate surface area is 81.4 Å². The van der Waals surface area contributed by atoms with Crippen molar-refractivity contribution in [2.45, 2.75) is 6.10 Å². The van der Waals surface area contributed by atoms with Crippen LogP contribution in [-0.2, 0) is 4.74 Å². The lowest BCUT2D eigenvalue weighted by atomic mass is 10.0. The van der Waals surface area contributed by atoms with Gasteiger partial charge in [0.15, 0.2) is 6.10 Å². The molecule has 0 heterocycles. The zero-order chi connectivity index (χ0) is 10.6. The predicted molar refractivity (Wildman–Crippen MR) is 48.8 cm³/mol. The average molecular weight is 191 g/mol. The van der Waals surface area contributed by atoms with Gasteiger partial charge in [0.05, 0.1) is 11.6 Å². The van der Waals surface area contributed by atoms with Crippen LogP contribution in [0.3, 0.4) is 0 Å². The minimum absolute atomic E-state index is 0.0981. The van der Waals surface area contributed by atoms with E-state index in [1.54, 1.807) is 18.2 Å². The number of benzene rings is 1. The molecule has 1 unspecified atom stereocenters. The fraction of sp³-hybridized carbons (Fsp3) is 0.200. The minimum Gasteiger partial charge on any atom is -0.478 e. The van der Waals surface area contributed by atoms with Gasteiger partial charge in [-0.1, -0.05) is 18.2 Å². The van der Waals surface area contributed by atoms with E-state index < -0.39 is 12.1 Å². The number of nitrogens with zero attached hydrogens (tertiary/aromatic N) is 1. The molecule has 1 aromatic carbocycles. The molecule has 1 N–H and O–H groups in total. The molecule has 0 aromatic heterocycles. The molecule has 0 aliphatic rings. The van der Waals surface area contributed by atoms with E-state index in [4.69, 9.17) is 15.1 Å². The maximum absolute atomic E-state index is 10.8. The molecule has 0 saturated carbocycles. The number of ether oxygens (including phenoxy) is 1. The Kier molecular flexibility index (Phi) is 3.21. The maximum Gasteiger partial charge on any atom is 0.336 e. The first-order valence-electron chi connectivity index (χ1n) is 3.95. The second kappa shape index (κ2) is 4.40. The molecular weight excluding hydrogens is 182 g/mol. The van der Waals surface area contributed by atoms with E-state index in [0.717, 1.165) is 0 Å². The smallest absolute Gasteiger partial charge is 0.336 e. The molecule has 72 valence electrons. The Balaban J connectivity index is 3.20. The summed E-state index contributed by atoms with van der Waals surface area (Å²) in [7, 11) is 1.37. The van der Waals surface area contributed by atoms with Gasteiger partial charge in [-0.3, -0.25) is 0 Å². The van der Waals surface area contributed by atoms with Gasteiger partial charge in [0.25, 0.3) is 0 Å². The first-order valence-corrected chi connectivity index (χ1v) is 3.95. The summed E-state index contributed by atoms with van der Waals surface area (Å²) in [4.78, 5) is 10.8. The Morgan fingerprint density at radius 2 is 2.21 bits per heavy atom. The highest BCUT2D eigenvalue weighted by molar-refractivity contribution is 5.89. The summed E-state index contributed by atoms with van der Waals surface area (Å²) in [6, 6.07) is 8.17. The van der Waals surface area contributed by atoms with Gasteiger partial charge in [0.1, 0.15) is 0 Å². The van der Waals surface area contributed by atoms with Gasteiger partial charge >= 0.3 is 5.97 Å². The molecule has 0 spiro atoms. The van der Waals surface area contributed by atoms with Crippen molar-refractivity contribution in [2.24, 2.45) is 0 Å². The van der Waals surface area contributed by atoms with Gasteiger partial charge in [0, 0.05) is 12.7 Å². The van der Waals surface area contributed by atoms with Crippen LogP contribution in [0.2, 0.25) is 0 Å². The van der Waals surface area contributed by atoms with E-state index in [9.17, 15) is 4.79 Å². The van der Waals surface area contributed by atoms with Gasteiger partial charge < -0.3 is 9.84 Å². The van der Waals surface area contributed by atoms with E-state index in [2.05, 4.69) is 0 Å². The molecule has 14 heavy (non-hydrogen) atoms. The lowest BCUT2D eigenvalue weighted by Crippen LogP contribution is -2.07. The quantitative estimate of drug-likeness (QED) is 0.787. The van der Waals surface area contributed by atoms with Crippen LogP contribution < -0.4 is 0 Å². The molecule has 0 radical (unpaired) electrons. The van der Waals surface area contributed by atoms with Crippen LogP contribution in [0.5, 0.6) is 0 Å². The van der Waals surface area contributed by atoms with E-state index >= 15 is 0 Å². The summed E-state index contributed by atoms with van der Waals surface area (Å²) in [5, 5.41) is 17.6. The minimum atomic E-state index is -1.06. The number of carbonyl (C=O) groups is 1. The van der Waals surface area contributed by atoms with Gasteiger partial charge in [0.2, 0.25) is 0 Å². The summed E-state index contributed by atoms with van der Waals surface area (Å²) in [6.45, 7) is 0. The molecule has 0 fully saturated rings. The van der Waals surface area contributed by atoms with Crippen LogP contribution in [0, 0.1) is 11.3 Å². The number of nitriles is 1. The van der Waals surface area contributed by atoms with Crippen molar-refractivity contribution in [3.05, 3.63) is 35.4 Å². The number of hydrogen-bond donors (Lipinski definition) is 1. The third kappa shape index (κ3) is 1.90. The molecule has 1 aromatic rings. The average Bonchev–Trinajstić information content (AvgIpc) is 2.20. The van der Waals surface area contributed by atoms with Crippen molar-refractivity contribution in [3.63, 3.8) is 0 Å². The van der Waals surface area contributed by atoms with Crippen molar-refractivity contribution in [1.29, 1.82) is 5.26 Å². The number of carboxylic acids is 1. The molecule has 0 amide bonds. The molecule has 0 bridgehead atoms. The standard InChI is InChI=1S/C10H9NO3/c1-14-9(6-11)7-4-2-3-5-8(7)10(12)13/h2-5,9H,1H3,(H,12,13). The third-order valence-corrected chi connectivity index (χ3v) is 1.83. The Hall–Kier alpha value is -1.86. The van der Waals surface area contributed by atoms with E-state index in [-0.39, 0.29) is 5.56 Å². The highest BCUT2D eigenvalue weighted by Crippen LogP contribution is 2.19. The number of rotatable bonds is 3. The second-order valence-electron chi connectivity index (χ2n) is 2.64. The normalized spacial score (nSPS) is 11.7. The fourth-order valence-corrected chi connectivity index (χ4v) is 1.17. The molecule has 1 atom stereocenters. The van der Waals surface area contributed by atoms with Gasteiger partial charge in [-0.2, -0.15) is 5.26 Å². The first kappa shape index (κ1) is 10.2. The van der Waals surface area contributed by atoms with Crippen LogP contribution in [0.4, 0.5) is 0 Å². The van der Waals surface area contributed by atoms with Crippen molar-refractivity contribution < 1.29 is 14.6 Å². The summed E-state index contributed by atoms with van der Waals surface area (Å²) in [5.41, 5.74) is 0.478. The molecule has 1 rings (SSSR count). The Morgan fingerprint density at radius 3 is 2.71 bits per heavy atom. The molecule has 0 aliphatic carbocycles. The zero-order valence-electron chi connectivity index (χ0n) is 7.60.